The van der Waals surface area contributed by atoms with E-state index in [1.54, 1.807) is 6.07 Å². The zero-order valence-corrected chi connectivity index (χ0v) is 13.6. The number of rotatable bonds is 4. The molecule has 6 heteroatoms. The first-order chi connectivity index (χ1) is 11.0. The van der Waals surface area contributed by atoms with E-state index < -0.39 is 5.82 Å². The maximum Gasteiger partial charge on any atom is 0.225 e. The number of amides is 2. The van der Waals surface area contributed by atoms with Gasteiger partial charge >= 0.3 is 0 Å². The Bertz CT molecular complexity index is 617. The molecule has 0 radical (unpaired) electrons. The average Bonchev–Trinajstić information content (AvgIpc) is 3.17. The van der Waals surface area contributed by atoms with Gasteiger partial charge in [-0.3, -0.25) is 9.59 Å². The molecular weight excluding hydrogens is 319 g/mol. The van der Waals surface area contributed by atoms with Crippen molar-refractivity contribution in [3.05, 3.63) is 34.6 Å². The molecule has 1 saturated heterocycles. The van der Waals surface area contributed by atoms with Crippen LogP contribution in [0.5, 0.6) is 0 Å². The van der Waals surface area contributed by atoms with Crippen molar-refractivity contribution in [2.24, 2.45) is 5.92 Å². The highest BCUT2D eigenvalue weighted by Crippen LogP contribution is 2.29. The summed E-state index contributed by atoms with van der Waals surface area (Å²) < 4.78 is 13.1. The minimum Gasteiger partial charge on any atom is -0.352 e. The van der Waals surface area contributed by atoms with Crippen molar-refractivity contribution >= 4 is 23.4 Å². The molecule has 1 aromatic carbocycles. The molecule has 1 saturated carbocycles. The average molecular weight is 339 g/mol. The van der Waals surface area contributed by atoms with Gasteiger partial charge in [0.1, 0.15) is 5.82 Å². The Hall–Kier alpha value is -1.62. The van der Waals surface area contributed by atoms with Gasteiger partial charge in [0.2, 0.25) is 11.8 Å². The quantitative estimate of drug-likeness (QED) is 0.917. The highest BCUT2D eigenvalue weighted by Gasteiger charge is 2.38. The third-order valence-electron chi connectivity index (χ3n) is 4.75. The van der Waals surface area contributed by atoms with E-state index in [1.807, 2.05) is 4.90 Å². The zero-order chi connectivity index (χ0) is 16.4. The molecule has 1 aliphatic carbocycles. The Morgan fingerprint density at radius 1 is 1.35 bits per heavy atom. The molecule has 2 fully saturated rings. The van der Waals surface area contributed by atoms with Gasteiger partial charge in [-0.1, -0.05) is 30.5 Å². The molecule has 0 spiro atoms. The van der Waals surface area contributed by atoms with Crippen LogP contribution < -0.4 is 5.32 Å². The number of nitrogens with one attached hydrogen (secondary N) is 1. The van der Waals surface area contributed by atoms with Crippen LogP contribution >= 0.6 is 11.6 Å². The highest BCUT2D eigenvalue weighted by molar-refractivity contribution is 6.30. The first-order valence-electron chi connectivity index (χ1n) is 8.05. The molecule has 4 nitrogen and oxygen atoms in total. The Balaban J connectivity index is 1.54. The molecule has 1 atom stereocenters. The lowest BCUT2D eigenvalue weighted by Crippen LogP contribution is -2.36. The smallest absolute Gasteiger partial charge is 0.225 e. The van der Waals surface area contributed by atoms with E-state index in [9.17, 15) is 14.0 Å². The summed E-state index contributed by atoms with van der Waals surface area (Å²) in [5.74, 6) is -0.810. The second kappa shape index (κ2) is 6.87. The van der Waals surface area contributed by atoms with Gasteiger partial charge in [-0.25, -0.2) is 4.39 Å². The van der Waals surface area contributed by atoms with Crippen LogP contribution in [0, 0.1) is 11.7 Å². The highest BCUT2D eigenvalue weighted by atomic mass is 35.5. The molecule has 2 amide bonds. The van der Waals surface area contributed by atoms with Gasteiger partial charge in [0.25, 0.3) is 0 Å². The number of hydrogen-bond donors (Lipinski definition) is 1. The molecule has 3 rings (SSSR count). The first-order valence-corrected chi connectivity index (χ1v) is 8.43. The SMILES string of the molecule is O=C(NCc1ccc(F)c(Cl)c1)C1CC(=O)N(C2CCCC2)C1. The summed E-state index contributed by atoms with van der Waals surface area (Å²) in [4.78, 5) is 26.3. The molecule has 1 heterocycles. The topological polar surface area (TPSA) is 49.4 Å². The molecule has 23 heavy (non-hydrogen) atoms. The predicted octanol–water partition coefficient (Wildman–Crippen LogP) is 2.89. The Labute approximate surface area is 140 Å². The van der Waals surface area contributed by atoms with E-state index >= 15 is 0 Å². The first kappa shape index (κ1) is 16.2. The van der Waals surface area contributed by atoms with Crippen molar-refractivity contribution in [1.82, 2.24) is 10.2 Å². The second-order valence-corrected chi connectivity index (χ2v) is 6.76. The second-order valence-electron chi connectivity index (χ2n) is 6.35. The van der Waals surface area contributed by atoms with Crippen molar-refractivity contribution in [1.29, 1.82) is 0 Å². The summed E-state index contributed by atoms with van der Waals surface area (Å²) in [6, 6.07) is 4.69. The van der Waals surface area contributed by atoms with Crippen molar-refractivity contribution in [2.45, 2.75) is 44.7 Å². The summed E-state index contributed by atoms with van der Waals surface area (Å²) in [6.45, 7) is 0.798. The minimum absolute atomic E-state index is 0.0419. The molecular formula is C17H20ClFN2O2. The molecule has 124 valence electrons. The Morgan fingerprint density at radius 2 is 2.09 bits per heavy atom. The lowest BCUT2D eigenvalue weighted by molar-refractivity contribution is -0.130. The molecule has 0 bridgehead atoms. The van der Waals surface area contributed by atoms with Crippen molar-refractivity contribution in [3.63, 3.8) is 0 Å². The third kappa shape index (κ3) is 3.66. The summed E-state index contributed by atoms with van der Waals surface area (Å²) in [6.07, 6.45) is 4.71. The largest absolute Gasteiger partial charge is 0.352 e. The number of nitrogens with zero attached hydrogens (tertiary/aromatic N) is 1. The zero-order valence-electron chi connectivity index (χ0n) is 12.9. The minimum atomic E-state index is -0.477. The van der Waals surface area contributed by atoms with Crippen LogP contribution in [-0.4, -0.2) is 29.3 Å². The van der Waals surface area contributed by atoms with Crippen LogP contribution in [0.25, 0.3) is 0 Å². The Morgan fingerprint density at radius 3 is 2.78 bits per heavy atom. The summed E-state index contributed by atoms with van der Waals surface area (Å²) >= 11 is 5.73. The summed E-state index contributed by atoms with van der Waals surface area (Å²) in [5, 5.41) is 2.86. The molecule has 1 aromatic rings. The van der Waals surface area contributed by atoms with Gasteiger partial charge in [-0.15, -0.1) is 0 Å². The van der Waals surface area contributed by atoms with Crippen LogP contribution in [0.4, 0.5) is 4.39 Å². The third-order valence-corrected chi connectivity index (χ3v) is 5.04. The fourth-order valence-electron chi connectivity index (χ4n) is 3.46. The maximum atomic E-state index is 13.1. The van der Waals surface area contributed by atoms with E-state index in [1.165, 1.54) is 12.1 Å². The van der Waals surface area contributed by atoms with Crippen LogP contribution in [0.1, 0.15) is 37.7 Å². The lowest BCUT2D eigenvalue weighted by atomic mass is 10.1. The summed E-state index contributed by atoms with van der Waals surface area (Å²) in [5.41, 5.74) is 0.738. The maximum absolute atomic E-state index is 13.1. The van der Waals surface area contributed by atoms with Gasteiger partial charge in [0.15, 0.2) is 0 Å². The van der Waals surface area contributed by atoms with E-state index in [4.69, 9.17) is 11.6 Å². The number of likely N-dealkylation sites (tertiary alicyclic amines) is 1. The number of carbonyl (C=O) groups excluding carboxylic acids is 2. The van der Waals surface area contributed by atoms with Gasteiger partial charge in [0.05, 0.1) is 10.9 Å². The van der Waals surface area contributed by atoms with Crippen molar-refractivity contribution in [2.75, 3.05) is 6.54 Å². The Kier molecular flexibility index (Phi) is 4.85. The standard InChI is InChI=1S/C17H20ClFN2O2/c18-14-7-11(5-6-15(14)19)9-20-17(23)12-8-16(22)21(10-12)13-3-1-2-4-13/h5-7,12-13H,1-4,8-10H2,(H,20,23). The molecule has 0 aromatic heterocycles. The van der Waals surface area contributed by atoms with E-state index in [0.29, 0.717) is 12.6 Å². The molecule has 1 aliphatic heterocycles. The normalized spacial score (nSPS) is 21.9. The van der Waals surface area contributed by atoms with E-state index in [-0.39, 0.29) is 35.7 Å². The van der Waals surface area contributed by atoms with Crippen LogP contribution in [0.3, 0.4) is 0 Å². The van der Waals surface area contributed by atoms with Crippen molar-refractivity contribution < 1.29 is 14.0 Å². The monoisotopic (exact) mass is 338 g/mol. The number of halogens is 2. The number of carbonyl (C=O) groups is 2. The number of hydrogen-bond acceptors (Lipinski definition) is 2. The lowest BCUT2D eigenvalue weighted by Gasteiger charge is -2.23. The van der Waals surface area contributed by atoms with Crippen LogP contribution in [0.2, 0.25) is 5.02 Å². The van der Waals surface area contributed by atoms with Crippen LogP contribution in [-0.2, 0) is 16.1 Å². The van der Waals surface area contributed by atoms with Gasteiger partial charge in [-0.2, -0.15) is 0 Å². The van der Waals surface area contributed by atoms with Gasteiger partial charge < -0.3 is 10.2 Å². The summed E-state index contributed by atoms with van der Waals surface area (Å²) in [7, 11) is 0. The molecule has 2 aliphatic rings. The molecule has 1 N–H and O–H groups in total. The van der Waals surface area contributed by atoms with E-state index in [0.717, 1.165) is 31.2 Å². The fourth-order valence-corrected chi connectivity index (χ4v) is 3.66. The predicted molar refractivity (Wildman–Crippen MR) is 85.3 cm³/mol. The van der Waals surface area contributed by atoms with Gasteiger partial charge in [0, 0.05) is 25.6 Å². The van der Waals surface area contributed by atoms with Gasteiger partial charge in [-0.05, 0) is 30.5 Å². The van der Waals surface area contributed by atoms with Crippen LogP contribution in [0.15, 0.2) is 18.2 Å². The van der Waals surface area contributed by atoms with E-state index in [2.05, 4.69) is 5.32 Å². The fraction of sp³-hybridized carbons (Fsp3) is 0.529. The number of benzene rings is 1. The van der Waals surface area contributed by atoms with Crippen molar-refractivity contribution in [3.8, 4) is 0 Å². The molecule has 1 unspecified atom stereocenters.